The summed E-state index contributed by atoms with van der Waals surface area (Å²) in [5.74, 6) is -0.842. The van der Waals surface area contributed by atoms with Gasteiger partial charge in [0.15, 0.2) is 0 Å². The zero-order chi connectivity index (χ0) is 17.2. The maximum Gasteiger partial charge on any atom is 0.573 e. The van der Waals surface area contributed by atoms with E-state index in [1.807, 2.05) is 0 Å². The van der Waals surface area contributed by atoms with E-state index in [9.17, 15) is 18.0 Å². The lowest BCUT2D eigenvalue weighted by molar-refractivity contribution is -0.274. The number of fused-ring (bicyclic) bond motifs is 1. The van der Waals surface area contributed by atoms with E-state index in [0.717, 1.165) is 25.0 Å². The molecule has 0 radical (unpaired) electrons. The molecule has 2 aliphatic rings. The van der Waals surface area contributed by atoms with Crippen molar-refractivity contribution in [3.05, 3.63) is 29.8 Å². The van der Waals surface area contributed by atoms with Crippen molar-refractivity contribution < 1.29 is 32.2 Å². The first-order valence-electron chi connectivity index (χ1n) is 7.80. The van der Waals surface area contributed by atoms with Gasteiger partial charge in [0.1, 0.15) is 5.75 Å². The number of halogens is 3. The van der Waals surface area contributed by atoms with Crippen LogP contribution in [-0.2, 0) is 9.47 Å². The van der Waals surface area contributed by atoms with Crippen LogP contribution in [0.5, 0.6) is 5.75 Å². The summed E-state index contributed by atoms with van der Waals surface area (Å²) in [6, 6.07) is 4.94. The lowest BCUT2D eigenvalue weighted by atomic mass is 9.89. The molecule has 1 aliphatic heterocycles. The Bertz CT molecular complexity index is 593. The molecular weight excluding hydrogens is 327 g/mol. The Morgan fingerprint density at radius 3 is 2.67 bits per heavy atom. The number of rotatable bonds is 3. The van der Waals surface area contributed by atoms with Gasteiger partial charge in [-0.15, -0.1) is 13.2 Å². The average Bonchev–Trinajstić information content (AvgIpc) is 2.53. The van der Waals surface area contributed by atoms with Crippen molar-refractivity contribution >= 4 is 5.91 Å². The fraction of sp³-hybridized carbons (Fsp3) is 0.562. The molecule has 5 nitrogen and oxygen atoms in total. The van der Waals surface area contributed by atoms with E-state index < -0.39 is 18.0 Å². The van der Waals surface area contributed by atoms with E-state index in [1.54, 1.807) is 0 Å². The van der Waals surface area contributed by atoms with Crippen molar-refractivity contribution in [1.82, 2.24) is 5.32 Å². The summed E-state index contributed by atoms with van der Waals surface area (Å²) in [5.41, 5.74) is 0.125. The van der Waals surface area contributed by atoms with Crippen LogP contribution in [0.1, 0.15) is 29.6 Å². The predicted octanol–water partition coefficient (Wildman–Crippen LogP) is 2.65. The summed E-state index contributed by atoms with van der Waals surface area (Å²) in [6.45, 7) is 1.13. The molecule has 2 fully saturated rings. The zero-order valence-corrected chi connectivity index (χ0v) is 12.8. The Hall–Kier alpha value is -1.80. The smallest absolute Gasteiger partial charge is 0.406 e. The van der Waals surface area contributed by atoms with Crippen LogP contribution in [0.2, 0.25) is 0 Å². The van der Waals surface area contributed by atoms with Crippen LogP contribution in [0.25, 0.3) is 0 Å². The van der Waals surface area contributed by atoms with Gasteiger partial charge in [-0.2, -0.15) is 0 Å². The molecule has 0 unspecified atom stereocenters. The summed E-state index contributed by atoms with van der Waals surface area (Å²) >= 11 is 0. The van der Waals surface area contributed by atoms with E-state index >= 15 is 0 Å². The number of ether oxygens (including phenoxy) is 3. The highest BCUT2D eigenvalue weighted by Gasteiger charge is 2.35. The summed E-state index contributed by atoms with van der Waals surface area (Å²) in [7, 11) is 0. The van der Waals surface area contributed by atoms with Gasteiger partial charge < -0.3 is 19.5 Å². The van der Waals surface area contributed by atoms with E-state index in [0.29, 0.717) is 19.6 Å². The number of benzene rings is 1. The number of alkyl halides is 3. The fourth-order valence-corrected chi connectivity index (χ4v) is 3.10. The first-order valence-corrected chi connectivity index (χ1v) is 7.80. The number of hydrogen-bond donors (Lipinski definition) is 1. The first kappa shape index (κ1) is 17.0. The van der Waals surface area contributed by atoms with Crippen LogP contribution in [0, 0.1) is 0 Å². The highest BCUT2D eigenvalue weighted by Crippen LogP contribution is 2.27. The third-order valence-electron chi connectivity index (χ3n) is 4.14. The maximum atomic E-state index is 12.3. The molecule has 1 N–H and O–H groups in total. The van der Waals surface area contributed by atoms with Crippen molar-refractivity contribution in [3.8, 4) is 5.75 Å². The summed E-state index contributed by atoms with van der Waals surface area (Å²) in [4.78, 5) is 12.3. The van der Waals surface area contributed by atoms with Gasteiger partial charge in [0, 0.05) is 11.6 Å². The molecule has 3 rings (SSSR count). The average molecular weight is 345 g/mol. The Labute approximate surface area is 137 Å². The second-order valence-electron chi connectivity index (χ2n) is 5.88. The third-order valence-corrected chi connectivity index (χ3v) is 4.14. The summed E-state index contributed by atoms with van der Waals surface area (Å²) in [5, 5.41) is 2.85. The molecular formula is C16H18F3NO4. The number of nitrogens with one attached hydrogen (secondary N) is 1. The molecule has 132 valence electrons. The molecule has 1 amide bonds. The van der Waals surface area contributed by atoms with E-state index in [4.69, 9.17) is 9.47 Å². The van der Waals surface area contributed by atoms with Gasteiger partial charge in [0.2, 0.25) is 0 Å². The van der Waals surface area contributed by atoms with Crippen molar-refractivity contribution in [1.29, 1.82) is 0 Å². The largest absolute Gasteiger partial charge is 0.573 e. The standard InChI is InChI=1S/C16H18F3NO4/c17-16(18,19)24-12-3-1-2-10(8-12)15(21)20-11-4-5-13-14(9-11)23-7-6-22-13/h1-3,8,11,13-14H,4-7,9H2,(H,20,21)/t11-,13+,14-/m1/s1. The van der Waals surface area contributed by atoms with Gasteiger partial charge in [0.25, 0.3) is 5.91 Å². The molecule has 3 atom stereocenters. The van der Waals surface area contributed by atoms with Crippen LogP contribution >= 0.6 is 0 Å². The van der Waals surface area contributed by atoms with Gasteiger partial charge in [0.05, 0.1) is 25.4 Å². The molecule has 0 bridgehead atoms. The number of hydrogen-bond acceptors (Lipinski definition) is 4. The lowest BCUT2D eigenvalue weighted by Gasteiger charge is -2.39. The minimum atomic E-state index is -4.79. The van der Waals surface area contributed by atoms with Crippen molar-refractivity contribution in [2.24, 2.45) is 0 Å². The monoisotopic (exact) mass is 345 g/mol. The Kier molecular flexibility index (Phi) is 4.96. The second kappa shape index (κ2) is 6.98. The highest BCUT2D eigenvalue weighted by atomic mass is 19.4. The zero-order valence-electron chi connectivity index (χ0n) is 12.8. The lowest BCUT2D eigenvalue weighted by Crippen LogP contribution is -2.49. The first-order chi connectivity index (χ1) is 11.4. The molecule has 24 heavy (non-hydrogen) atoms. The number of amides is 1. The Morgan fingerprint density at radius 1 is 1.17 bits per heavy atom. The number of carbonyl (C=O) groups is 1. The van der Waals surface area contributed by atoms with E-state index in [2.05, 4.69) is 10.1 Å². The van der Waals surface area contributed by atoms with Crippen LogP contribution in [0.15, 0.2) is 24.3 Å². The fourth-order valence-electron chi connectivity index (χ4n) is 3.10. The minimum absolute atomic E-state index is 0.0438. The molecule has 1 heterocycles. The normalized spacial score (nSPS) is 27.2. The summed E-state index contributed by atoms with van der Waals surface area (Å²) < 4.78 is 51.9. The van der Waals surface area contributed by atoms with E-state index in [1.165, 1.54) is 12.1 Å². The second-order valence-corrected chi connectivity index (χ2v) is 5.88. The molecule has 1 saturated carbocycles. The van der Waals surface area contributed by atoms with E-state index in [-0.39, 0.29) is 23.8 Å². The molecule has 1 aliphatic carbocycles. The van der Waals surface area contributed by atoms with Gasteiger partial charge in [-0.1, -0.05) is 6.07 Å². The molecule has 1 aromatic carbocycles. The highest BCUT2D eigenvalue weighted by molar-refractivity contribution is 5.94. The molecule has 1 aromatic rings. The molecule has 8 heteroatoms. The third kappa shape index (κ3) is 4.39. The Morgan fingerprint density at radius 2 is 1.92 bits per heavy atom. The Balaban J connectivity index is 1.59. The minimum Gasteiger partial charge on any atom is -0.406 e. The van der Waals surface area contributed by atoms with Gasteiger partial charge in [-0.25, -0.2) is 0 Å². The van der Waals surface area contributed by atoms with Crippen molar-refractivity contribution in [2.45, 2.75) is 43.9 Å². The van der Waals surface area contributed by atoms with Crippen LogP contribution in [0.3, 0.4) is 0 Å². The maximum absolute atomic E-state index is 12.3. The van der Waals surface area contributed by atoms with Crippen LogP contribution in [0.4, 0.5) is 13.2 Å². The quantitative estimate of drug-likeness (QED) is 0.915. The predicted molar refractivity (Wildman–Crippen MR) is 77.7 cm³/mol. The number of carbonyl (C=O) groups excluding carboxylic acids is 1. The van der Waals surface area contributed by atoms with Gasteiger partial charge >= 0.3 is 6.36 Å². The summed E-state index contributed by atoms with van der Waals surface area (Å²) in [6.07, 6.45) is -2.60. The van der Waals surface area contributed by atoms with Crippen LogP contribution in [-0.4, -0.2) is 43.7 Å². The van der Waals surface area contributed by atoms with Crippen LogP contribution < -0.4 is 10.1 Å². The van der Waals surface area contributed by atoms with Crippen molar-refractivity contribution in [3.63, 3.8) is 0 Å². The molecule has 0 spiro atoms. The SMILES string of the molecule is O=C(N[C@@H]1CC[C@@H]2OCCO[C@@H]2C1)c1cccc(OC(F)(F)F)c1. The van der Waals surface area contributed by atoms with Gasteiger partial charge in [-0.3, -0.25) is 4.79 Å². The van der Waals surface area contributed by atoms with Crippen molar-refractivity contribution in [2.75, 3.05) is 13.2 Å². The molecule has 0 aromatic heterocycles. The molecule has 1 saturated heterocycles. The topological polar surface area (TPSA) is 56.8 Å². The van der Waals surface area contributed by atoms with Gasteiger partial charge in [-0.05, 0) is 37.5 Å².